The Balaban J connectivity index is 1.35. The van der Waals surface area contributed by atoms with Crippen molar-refractivity contribution in [3.05, 3.63) is 83.9 Å². The highest BCUT2D eigenvalue weighted by molar-refractivity contribution is 5.54. The van der Waals surface area contributed by atoms with Gasteiger partial charge < -0.3 is 14.5 Å². The minimum Gasteiger partial charge on any atom is -0.489 e. The van der Waals surface area contributed by atoms with Gasteiger partial charge in [-0.3, -0.25) is 0 Å². The first kappa shape index (κ1) is 18.8. The Kier molecular flexibility index (Phi) is 5.57. The molecule has 4 rings (SSSR count). The summed E-state index contributed by atoms with van der Waals surface area (Å²) in [6.07, 6.45) is 1.76. The van der Waals surface area contributed by atoms with Crippen molar-refractivity contribution >= 4 is 11.4 Å². The van der Waals surface area contributed by atoms with Gasteiger partial charge in [-0.05, 0) is 42.0 Å². The molecular weight excluding hydrogens is 367 g/mol. The number of anilines is 2. The summed E-state index contributed by atoms with van der Waals surface area (Å²) in [6, 6.07) is 20.2. The van der Waals surface area contributed by atoms with Crippen molar-refractivity contribution < 1.29 is 9.13 Å². The molecule has 0 bridgehead atoms. The topological polar surface area (TPSA) is 52.4 Å². The number of nitrogens with zero attached hydrogens (tertiary/aromatic N) is 4. The smallest absolute Gasteiger partial charge is 0.140 e. The van der Waals surface area contributed by atoms with Crippen LogP contribution in [0.2, 0.25) is 0 Å². The number of halogens is 1. The van der Waals surface area contributed by atoms with Gasteiger partial charge in [-0.25, -0.2) is 9.37 Å². The lowest BCUT2D eigenvalue weighted by molar-refractivity contribution is 0.306. The van der Waals surface area contributed by atoms with E-state index < -0.39 is 0 Å². The van der Waals surface area contributed by atoms with Crippen molar-refractivity contribution in [3.63, 3.8) is 0 Å². The van der Waals surface area contributed by atoms with Crippen molar-refractivity contribution in [2.45, 2.75) is 6.61 Å². The lowest BCUT2D eigenvalue weighted by atomic mass is 10.2. The van der Waals surface area contributed by atoms with E-state index in [1.807, 2.05) is 30.3 Å². The van der Waals surface area contributed by atoms with Gasteiger partial charge >= 0.3 is 0 Å². The SMILES string of the molecule is N#Cc1ccc(N2CCN(c3cccc(OCc4ccc(F)cc4)c3)CC2)cn1. The van der Waals surface area contributed by atoms with E-state index in [0.717, 1.165) is 48.9 Å². The molecule has 0 saturated carbocycles. The molecule has 5 nitrogen and oxygen atoms in total. The molecule has 146 valence electrons. The normalized spacial score (nSPS) is 13.8. The molecule has 6 heteroatoms. The molecule has 1 aliphatic heterocycles. The van der Waals surface area contributed by atoms with E-state index in [0.29, 0.717) is 12.3 Å². The van der Waals surface area contributed by atoms with Crippen LogP contribution in [-0.2, 0) is 6.61 Å². The molecule has 0 amide bonds. The number of piperazine rings is 1. The summed E-state index contributed by atoms with van der Waals surface area (Å²) in [5.74, 6) is 0.553. The van der Waals surface area contributed by atoms with E-state index in [1.165, 1.54) is 12.1 Å². The minimum absolute atomic E-state index is 0.244. The third-order valence-corrected chi connectivity index (χ3v) is 5.01. The largest absolute Gasteiger partial charge is 0.489 e. The summed E-state index contributed by atoms with van der Waals surface area (Å²) in [5, 5.41) is 8.88. The Labute approximate surface area is 169 Å². The van der Waals surface area contributed by atoms with Crippen LogP contribution < -0.4 is 14.5 Å². The highest BCUT2D eigenvalue weighted by Gasteiger charge is 2.18. The van der Waals surface area contributed by atoms with Crippen LogP contribution in [0.25, 0.3) is 0 Å². The van der Waals surface area contributed by atoms with E-state index in [1.54, 1.807) is 24.4 Å². The Morgan fingerprint density at radius 2 is 1.66 bits per heavy atom. The molecule has 1 saturated heterocycles. The van der Waals surface area contributed by atoms with Crippen LogP contribution in [0.1, 0.15) is 11.3 Å². The average Bonchev–Trinajstić information content (AvgIpc) is 2.79. The molecule has 2 heterocycles. The predicted molar refractivity (Wildman–Crippen MR) is 111 cm³/mol. The lowest BCUT2D eigenvalue weighted by Gasteiger charge is -2.37. The van der Waals surface area contributed by atoms with Gasteiger partial charge in [-0.2, -0.15) is 5.26 Å². The van der Waals surface area contributed by atoms with Gasteiger partial charge in [0.25, 0.3) is 0 Å². The van der Waals surface area contributed by atoms with E-state index in [4.69, 9.17) is 10.00 Å². The number of aromatic nitrogens is 1. The van der Waals surface area contributed by atoms with Gasteiger partial charge in [0, 0.05) is 37.9 Å². The average molecular weight is 388 g/mol. The maximum atomic E-state index is 13.0. The fourth-order valence-corrected chi connectivity index (χ4v) is 3.38. The Morgan fingerprint density at radius 1 is 0.931 bits per heavy atom. The first-order valence-corrected chi connectivity index (χ1v) is 9.54. The van der Waals surface area contributed by atoms with E-state index >= 15 is 0 Å². The van der Waals surface area contributed by atoms with Gasteiger partial charge in [0.1, 0.15) is 29.9 Å². The minimum atomic E-state index is -0.244. The van der Waals surface area contributed by atoms with Crippen LogP contribution in [0.15, 0.2) is 66.9 Å². The molecule has 3 aromatic rings. The van der Waals surface area contributed by atoms with Crippen molar-refractivity contribution in [3.8, 4) is 11.8 Å². The number of hydrogen-bond acceptors (Lipinski definition) is 5. The second-order valence-electron chi connectivity index (χ2n) is 6.90. The number of benzene rings is 2. The van der Waals surface area contributed by atoms with Crippen LogP contribution in [0.3, 0.4) is 0 Å². The molecule has 0 spiro atoms. The van der Waals surface area contributed by atoms with Crippen LogP contribution in [0, 0.1) is 17.1 Å². The van der Waals surface area contributed by atoms with Crippen molar-refractivity contribution in [2.24, 2.45) is 0 Å². The molecule has 29 heavy (non-hydrogen) atoms. The van der Waals surface area contributed by atoms with Crippen LogP contribution in [0.4, 0.5) is 15.8 Å². The highest BCUT2D eigenvalue weighted by Crippen LogP contribution is 2.24. The van der Waals surface area contributed by atoms with E-state index in [2.05, 4.69) is 20.9 Å². The standard InChI is InChI=1S/C23H21FN4O/c24-19-6-4-18(5-7-19)17-29-23-3-1-2-21(14-23)27-10-12-28(13-11-27)22-9-8-20(15-25)26-16-22/h1-9,14,16H,10-13,17H2. The predicted octanol–water partition coefficient (Wildman–Crippen LogP) is 4.00. The van der Waals surface area contributed by atoms with Crippen LogP contribution in [0.5, 0.6) is 5.75 Å². The summed E-state index contributed by atoms with van der Waals surface area (Å²) in [7, 11) is 0. The van der Waals surface area contributed by atoms with Crippen LogP contribution in [-0.4, -0.2) is 31.2 Å². The summed E-state index contributed by atoms with van der Waals surface area (Å²) >= 11 is 0. The fraction of sp³-hybridized carbons (Fsp3) is 0.217. The zero-order valence-corrected chi connectivity index (χ0v) is 16.0. The van der Waals surface area contributed by atoms with Gasteiger partial charge in [-0.1, -0.05) is 18.2 Å². The molecule has 2 aromatic carbocycles. The number of hydrogen-bond donors (Lipinski definition) is 0. The maximum Gasteiger partial charge on any atom is 0.140 e. The zero-order valence-electron chi connectivity index (χ0n) is 16.0. The third-order valence-electron chi connectivity index (χ3n) is 5.01. The van der Waals surface area contributed by atoms with Crippen molar-refractivity contribution in [1.82, 2.24) is 4.98 Å². The lowest BCUT2D eigenvalue weighted by Crippen LogP contribution is -2.46. The van der Waals surface area contributed by atoms with Gasteiger partial charge in [0.15, 0.2) is 0 Å². The number of rotatable bonds is 5. The second-order valence-corrected chi connectivity index (χ2v) is 6.90. The third kappa shape index (κ3) is 4.64. The molecule has 1 fully saturated rings. The first-order valence-electron chi connectivity index (χ1n) is 9.54. The Morgan fingerprint density at radius 3 is 2.31 bits per heavy atom. The van der Waals surface area contributed by atoms with Gasteiger partial charge in [0.2, 0.25) is 0 Å². The molecule has 0 aliphatic carbocycles. The molecular formula is C23H21FN4O. The molecule has 1 aromatic heterocycles. The van der Waals surface area contributed by atoms with Crippen molar-refractivity contribution in [1.29, 1.82) is 5.26 Å². The molecule has 0 atom stereocenters. The summed E-state index contributed by atoms with van der Waals surface area (Å²) in [4.78, 5) is 8.77. The van der Waals surface area contributed by atoms with Crippen LogP contribution >= 0.6 is 0 Å². The summed E-state index contributed by atoms with van der Waals surface area (Å²) < 4.78 is 18.9. The van der Waals surface area contributed by atoms with E-state index in [-0.39, 0.29) is 5.82 Å². The summed E-state index contributed by atoms with van der Waals surface area (Å²) in [6.45, 7) is 3.95. The highest BCUT2D eigenvalue weighted by atomic mass is 19.1. The Hall–Kier alpha value is -3.59. The molecule has 0 N–H and O–H groups in total. The van der Waals surface area contributed by atoms with Crippen molar-refractivity contribution in [2.75, 3.05) is 36.0 Å². The molecule has 0 unspecified atom stereocenters. The first-order chi connectivity index (χ1) is 14.2. The number of ether oxygens (including phenoxy) is 1. The zero-order chi connectivity index (χ0) is 20.1. The monoisotopic (exact) mass is 388 g/mol. The quantitative estimate of drug-likeness (QED) is 0.661. The fourth-order valence-electron chi connectivity index (χ4n) is 3.38. The van der Waals surface area contributed by atoms with Gasteiger partial charge in [0.05, 0.1) is 11.9 Å². The molecule has 1 aliphatic rings. The Bertz CT molecular complexity index is 991. The van der Waals surface area contributed by atoms with E-state index in [9.17, 15) is 4.39 Å². The number of pyridine rings is 1. The van der Waals surface area contributed by atoms with Gasteiger partial charge in [-0.15, -0.1) is 0 Å². The second kappa shape index (κ2) is 8.61. The molecule has 0 radical (unpaired) electrons. The summed E-state index contributed by atoms with van der Waals surface area (Å²) in [5.41, 5.74) is 3.53. The number of nitriles is 1. The maximum absolute atomic E-state index is 13.0.